The van der Waals surface area contributed by atoms with E-state index < -0.39 is 0 Å². The van der Waals surface area contributed by atoms with Gasteiger partial charge in [0.05, 0.1) is 12.5 Å². The Morgan fingerprint density at radius 1 is 1.31 bits per heavy atom. The fourth-order valence-electron chi connectivity index (χ4n) is 1.45. The van der Waals surface area contributed by atoms with Gasteiger partial charge in [-0.3, -0.25) is 0 Å². The number of hydrogen-bond donors (Lipinski definition) is 0. The molecule has 0 aliphatic heterocycles. The standard InChI is InChI=1S/C11H13ClO/c1-13-10-6-4-9(5-7-10)11(12)8-2-3-8/h4-8,11H,2-3H2,1H3. The van der Waals surface area contributed by atoms with Crippen LogP contribution in [-0.2, 0) is 0 Å². The van der Waals surface area contributed by atoms with Crippen LogP contribution in [0.4, 0.5) is 0 Å². The van der Waals surface area contributed by atoms with Crippen molar-refractivity contribution in [2.75, 3.05) is 7.11 Å². The van der Waals surface area contributed by atoms with Crippen molar-refractivity contribution in [1.82, 2.24) is 0 Å². The van der Waals surface area contributed by atoms with Crippen molar-refractivity contribution in [3.8, 4) is 5.75 Å². The second-order valence-corrected chi connectivity index (χ2v) is 3.98. The molecule has 1 aliphatic rings. The van der Waals surface area contributed by atoms with Crippen LogP contribution in [0.25, 0.3) is 0 Å². The van der Waals surface area contributed by atoms with Gasteiger partial charge >= 0.3 is 0 Å². The number of hydrogen-bond acceptors (Lipinski definition) is 1. The monoisotopic (exact) mass is 196 g/mol. The van der Waals surface area contributed by atoms with Crippen molar-refractivity contribution in [3.05, 3.63) is 29.8 Å². The molecular weight excluding hydrogens is 184 g/mol. The lowest BCUT2D eigenvalue weighted by molar-refractivity contribution is 0.414. The SMILES string of the molecule is COc1ccc(C(Cl)C2CC2)cc1. The number of rotatable bonds is 3. The number of ether oxygens (including phenoxy) is 1. The molecule has 13 heavy (non-hydrogen) atoms. The molecule has 0 bridgehead atoms. The summed E-state index contributed by atoms with van der Waals surface area (Å²) in [6, 6.07) is 8.03. The molecule has 1 aliphatic carbocycles. The highest BCUT2D eigenvalue weighted by atomic mass is 35.5. The lowest BCUT2D eigenvalue weighted by atomic mass is 10.1. The third-order valence-electron chi connectivity index (χ3n) is 2.47. The van der Waals surface area contributed by atoms with Crippen molar-refractivity contribution >= 4 is 11.6 Å². The molecule has 2 rings (SSSR count). The van der Waals surface area contributed by atoms with E-state index in [1.165, 1.54) is 18.4 Å². The van der Waals surface area contributed by atoms with E-state index in [1.807, 2.05) is 12.1 Å². The van der Waals surface area contributed by atoms with Crippen molar-refractivity contribution < 1.29 is 4.74 Å². The van der Waals surface area contributed by atoms with Gasteiger partial charge < -0.3 is 4.74 Å². The number of methoxy groups -OCH3 is 1. The Balaban J connectivity index is 2.11. The topological polar surface area (TPSA) is 9.23 Å². The molecule has 0 heterocycles. The molecule has 70 valence electrons. The zero-order chi connectivity index (χ0) is 9.26. The third kappa shape index (κ3) is 1.97. The summed E-state index contributed by atoms with van der Waals surface area (Å²) in [5.41, 5.74) is 1.21. The van der Waals surface area contributed by atoms with Gasteiger partial charge in [0.2, 0.25) is 0 Å². The summed E-state index contributed by atoms with van der Waals surface area (Å²) in [6.07, 6.45) is 2.56. The predicted octanol–water partition coefficient (Wildman–Crippen LogP) is 3.39. The molecule has 1 fully saturated rings. The Kier molecular flexibility index (Phi) is 2.45. The van der Waals surface area contributed by atoms with Gasteiger partial charge in [0, 0.05) is 0 Å². The molecule has 0 aromatic heterocycles. The lowest BCUT2D eigenvalue weighted by Crippen LogP contribution is -1.92. The first-order valence-corrected chi connectivity index (χ1v) is 5.03. The Morgan fingerprint density at radius 2 is 1.92 bits per heavy atom. The summed E-state index contributed by atoms with van der Waals surface area (Å²) >= 11 is 6.26. The minimum atomic E-state index is 0.200. The van der Waals surface area contributed by atoms with Crippen LogP contribution in [-0.4, -0.2) is 7.11 Å². The molecule has 1 aromatic carbocycles. The van der Waals surface area contributed by atoms with E-state index in [2.05, 4.69) is 12.1 Å². The highest BCUT2D eigenvalue weighted by molar-refractivity contribution is 6.21. The summed E-state index contributed by atoms with van der Waals surface area (Å²) in [6.45, 7) is 0. The highest BCUT2D eigenvalue weighted by Gasteiger charge is 2.30. The molecular formula is C11H13ClO. The largest absolute Gasteiger partial charge is 0.497 e. The molecule has 0 radical (unpaired) electrons. The lowest BCUT2D eigenvalue weighted by Gasteiger charge is -2.08. The van der Waals surface area contributed by atoms with Crippen LogP contribution < -0.4 is 4.74 Å². The molecule has 1 aromatic rings. The first-order valence-electron chi connectivity index (χ1n) is 4.59. The average molecular weight is 197 g/mol. The zero-order valence-corrected chi connectivity index (χ0v) is 8.42. The van der Waals surface area contributed by atoms with Crippen molar-refractivity contribution in [1.29, 1.82) is 0 Å². The molecule has 1 saturated carbocycles. The number of alkyl halides is 1. The minimum absolute atomic E-state index is 0.200. The van der Waals surface area contributed by atoms with Crippen LogP contribution in [0.1, 0.15) is 23.8 Å². The van der Waals surface area contributed by atoms with E-state index in [9.17, 15) is 0 Å². The maximum atomic E-state index is 6.26. The molecule has 2 heteroatoms. The maximum Gasteiger partial charge on any atom is 0.118 e. The summed E-state index contributed by atoms with van der Waals surface area (Å²) in [7, 11) is 1.67. The molecule has 1 unspecified atom stereocenters. The Morgan fingerprint density at radius 3 is 2.38 bits per heavy atom. The van der Waals surface area contributed by atoms with E-state index in [0.29, 0.717) is 5.92 Å². The van der Waals surface area contributed by atoms with Crippen molar-refractivity contribution in [2.45, 2.75) is 18.2 Å². The minimum Gasteiger partial charge on any atom is -0.497 e. The van der Waals surface area contributed by atoms with Gasteiger partial charge in [-0.2, -0.15) is 0 Å². The Hall–Kier alpha value is -0.690. The van der Waals surface area contributed by atoms with Crippen LogP contribution in [0, 0.1) is 5.92 Å². The van der Waals surface area contributed by atoms with Gasteiger partial charge in [-0.05, 0) is 36.5 Å². The molecule has 0 spiro atoms. The van der Waals surface area contributed by atoms with Gasteiger partial charge in [-0.1, -0.05) is 12.1 Å². The third-order valence-corrected chi connectivity index (χ3v) is 3.08. The summed E-state index contributed by atoms with van der Waals surface area (Å²) in [5.74, 6) is 1.60. The fraction of sp³-hybridized carbons (Fsp3) is 0.455. The van der Waals surface area contributed by atoms with Gasteiger partial charge in [-0.15, -0.1) is 11.6 Å². The van der Waals surface area contributed by atoms with Gasteiger partial charge in [0.15, 0.2) is 0 Å². The second-order valence-electron chi connectivity index (χ2n) is 3.51. The normalized spacial score (nSPS) is 18.3. The zero-order valence-electron chi connectivity index (χ0n) is 7.66. The van der Waals surface area contributed by atoms with Crippen LogP contribution in [0.15, 0.2) is 24.3 Å². The maximum absolute atomic E-state index is 6.26. The Labute approximate surface area is 83.7 Å². The first kappa shape index (κ1) is 8.89. The molecule has 0 N–H and O–H groups in total. The van der Waals surface area contributed by atoms with E-state index in [-0.39, 0.29) is 5.38 Å². The van der Waals surface area contributed by atoms with Gasteiger partial charge in [-0.25, -0.2) is 0 Å². The number of halogens is 1. The fourth-order valence-corrected chi connectivity index (χ4v) is 1.85. The summed E-state index contributed by atoms with van der Waals surface area (Å²) in [4.78, 5) is 0. The van der Waals surface area contributed by atoms with E-state index in [4.69, 9.17) is 16.3 Å². The smallest absolute Gasteiger partial charge is 0.118 e. The van der Waals surface area contributed by atoms with Crippen LogP contribution in [0.2, 0.25) is 0 Å². The summed E-state index contributed by atoms with van der Waals surface area (Å²) in [5, 5.41) is 0.200. The van der Waals surface area contributed by atoms with Crippen LogP contribution in [0.5, 0.6) is 5.75 Å². The van der Waals surface area contributed by atoms with Crippen LogP contribution >= 0.6 is 11.6 Å². The molecule has 1 atom stereocenters. The van der Waals surface area contributed by atoms with E-state index in [0.717, 1.165) is 5.75 Å². The Bertz CT molecular complexity index is 277. The quantitative estimate of drug-likeness (QED) is 0.674. The molecule has 1 nitrogen and oxygen atoms in total. The summed E-state index contributed by atoms with van der Waals surface area (Å²) < 4.78 is 5.08. The van der Waals surface area contributed by atoms with Crippen molar-refractivity contribution in [2.24, 2.45) is 5.92 Å². The predicted molar refractivity (Wildman–Crippen MR) is 54.3 cm³/mol. The van der Waals surface area contributed by atoms with Crippen LogP contribution in [0.3, 0.4) is 0 Å². The van der Waals surface area contributed by atoms with Gasteiger partial charge in [0.25, 0.3) is 0 Å². The van der Waals surface area contributed by atoms with E-state index >= 15 is 0 Å². The van der Waals surface area contributed by atoms with E-state index in [1.54, 1.807) is 7.11 Å². The average Bonchev–Trinajstić information content (AvgIpc) is 3.00. The second kappa shape index (κ2) is 3.59. The molecule has 0 saturated heterocycles. The highest BCUT2D eigenvalue weighted by Crippen LogP contribution is 2.45. The van der Waals surface area contributed by atoms with Gasteiger partial charge in [0.1, 0.15) is 5.75 Å². The molecule has 0 amide bonds. The number of benzene rings is 1. The first-order chi connectivity index (χ1) is 6.31. The van der Waals surface area contributed by atoms with Crippen molar-refractivity contribution in [3.63, 3.8) is 0 Å².